The van der Waals surface area contributed by atoms with E-state index in [0.29, 0.717) is 0 Å². The quantitative estimate of drug-likeness (QED) is 0.274. The van der Waals surface area contributed by atoms with Gasteiger partial charge in [0.1, 0.15) is 0 Å². The van der Waals surface area contributed by atoms with Crippen LogP contribution in [0.2, 0.25) is 0 Å². The molecule has 0 aromatic rings. The van der Waals surface area contributed by atoms with Crippen LogP contribution in [-0.2, 0) is 4.57 Å². The summed E-state index contributed by atoms with van der Waals surface area (Å²) >= 11 is 0. The maximum atomic E-state index is 8.74. The fraction of sp³-hybridized carbons (Fsp3) is 0. The molecule has 3 nitrogen and oxygen atoms in total. The van der Waals surface area contributed by atoms with Gasteiger partial charge >= 0.3 is 46.0 Å². The van der Waals surface area contributed by atoms with Gasteiger partial charge in [-0.25, -0.2) is 0 Å². The second kappa shape index (κ2) is 9.60. The van der Waals surface area contributed by atoms with Gasteiger partial charge in [0.2, 0.25) is 0 Å². The van der Waals surface area contributed by atoms with Crippen molar-refractivity contribution in [2.45, 2.75) is 0 Å². The molecule has 0 aliphatic carbocycles. The molecule has 0 aliphatic heterocycles. The third-order valence-electron chi connectivity index (χ3n) is 0. The van der Waals surface area contributed by atoms with Crippen molar-refractivity contribution in [2.75, 3.05) is 0 Å². The summed E-state index contributed by atoms with van der Waals surface area (Å²) in [6, 6.07) is 0. The average molecular weight is 97.9 g/mol. The van der Waals surface area contributed by atoms with Crippen LogP contribution in [0.15, 0.2) is 0 Å². The average Bonchev–Trinajstić information content (AvgIpc) is 0.811. The molecule has 0 rings (SSSR count). The van der Waals surface area contributed by atoms with Crippen LogP contribution in [0.4, 0.5) is 0 Å². The van der Waals surface area contributed by atoms with E-state index in [4.69, 9.17) is 14.4 Å². The van der Waals surface area contributed by atoms with Gasteiger partial charge in [-0.15, -0.1) is 0 Å². The predicted molar refractivity (Wildman–Crippen MR) is 27.7 cm³/mol. The molecule has 0 atom stereocenters. The SMILES string of the molecule is O=[PH](O)O.[LiH].[LiH]. The molecule has 0 aromatic heterocycles. The van der Waals surface area contributed by atoms with Gasteiger partial charge in [-0.05, 0) is 0 Å². The molecule has 0 amide bonds. The Hall–Kier alpha value is 1.34. The van der Waals surface area contributed by atoms with Gasteiger partial charge in [0.15, 0.2) is 0 Å². The fourth-order valence-electron chi connectivity index (χ4n) is 0. The van der Waals surface area contributed by atoms with E-state index in [-0.39, 0.29) is 37.7 Å². The van der Waals surface area contributed by atoms with Crippen molar-refractivity contribution in [3.05, 3.63) is 0 Å². The summed E-state index contributed by atoms with van der Waals surface area (Å²) in [5.74, 6) is 0. The second-order valence-electron chi connectivity index (χ2n) is 0.283. The molecular formula is H5Li2O3P. The first-order valence-corrected chi connectivity index (χ1v) is 1.95. The van der Waals surface area contributed by atoms with Crippen LogP contribution >= 0.6 is 8.25 Å². The molecule has 0 saturated heterocycles. The zero-order chi connectivity index (χ0) is 3.58. The molecule has 0 bridgehead atoms. The molecule has 0 saturated carbocycles. The topological polar surface area (TPSA) is 57.5 Å². The first-order chi connectivity index (χ1) is 1.73. The number of rotatable bonds is 0. The normalized spacial score (nSPS) is 5.83. The third kappa shape index (κ3) is 55.8. The van der Waals surface area contributed by atoms with Crippen molar-refractivity contribution in [3.8, 4) is 0 Å². The Kier molecular flexibility index (Phi) is 25.1. The summed E-state index contributed by atoms with van der Waals surface area (Å²) in [4.78, 5) is 14.3. The van der Waals surface area contributed by atoms with Crippen molar-refractivity contribution >= 4 is 46.0 Å². The summed E-state index contributed by atoms with van der Waals surface area (Å²) in [7, 11) is -3.13. The number of hydrogen-bond acceptors (Lipinski definition) is 1. The molecule has 0 unspecified atom stereocenters. The van der Waals surface area contributed by atoms with Gasteiger partial charge in [0.25, 0.3) is 0 Å². The van der Waals surface area contributed by atoms with Gasteiger partial charge in [0, 0.05) is 0 Å². The van der Waals surface area contributed by atoms with E-state index in [1.807, 2.05) is 0 Å². The molecule has 6 heavy (non-hydrogen) atoms. The summed E-state index contributed by atoms with van der Waals surface area (Å²) < 4.78 is 8.74. The van der Waals surface area contributed by atoms with Gasteiger partial charge in [-0.3, -0.25) is 4.57 Å². The molecule has 0 aliphatic rings. The van der Waals surface area contributed by atoms with E-state index in [9.17, 15) is 0 Å². The maximum absolute atomic E-state index is 8.74. The number of hydrogen-bond donors (Lipinski definition) is 2. The summed E-state index contributed by atoms with van der Waals surface area (Å²) in [6.45, 7) is 0. The molecule has 0 aromatic carbocycles. The summed E-state index contributed by atoms with van der Waals surface area (Å²) in [5, 5.41) is 0. The summed E-state index contributed by atoms with van der Waals surface area (Å²) in [5.41, 5.74) is 0. The van der Waals surface area contributed by atoms with Crippen molar-refractivity contribution in [2.24, 2.45) is 0 Å². The summed E-state index contributed by atoms with van der Waals surface area (Å²) in [6.07, 6.45) is 0. The van der Waals surface area contributed by atoms with Gasteiger partial charge < -0.3 is 9.79 Å². The van der Waals surface area contributed by atoms with Crippen LogP contribution in [-0.4, -0.2) is 47.5 Å². The van der Waals surface area contributed by atoms with Crippen molar-refractivity contribution in [1.82, 2.24) is 0 Å². The Morgan fingerprint density at radius 1 is 1.17 bits per heavy atom. The Bertz CT molecular complexity index is 31.8. The zero-order valence-electron chi connectivity index (χ0n) is 1.80. The standard InChI is InChI=1S/2Li.H3O3P.2H/c;;1-4(2)3;;/h;;4H,(H2,1,2,3);;. The zero-order valence-corrected chi connectivity index (χ0v) is 2.80. The van der Waals surface area contributed by atoms with E-state index < -0.39 is 8.25 Å². The minimum absolute atomic E-state index is 0. The Balaban J connectivity index is -0.0000000450. The Labute approximate surface area is 60.4 Å². The van der Waals surface area contributed by atoms with E-state index in [0.717, 1.165) is 0 Å². The van der Waals surface area contributed by atoms with Gasteiger partial charge in [-0.1, -0.05) is 0 Å². The van der Waals surface area contributed by atoms with Crippen LogP contribution < -0.4 is 0 Å². The van der Waals surface area contributed by atoms with Crippen molar-refractivity contribution < 1.29 is 14.4 Å². The predicted octanol–water partition coefficient (Wildman–Crippen LogP) is -1.94. The van der Waals surface area contributed by atoms with Crippen LogP contribution in [0.3, 0.4) is 0 Å². The van der Waals surface area contributed by atoms with Gasteiger partial charge in [-0.2, -0.15) is 0 Å². The molecule has 0 heterocycles. The molecule has 0 radical (unpaired) electrons. The molecule has 6 heteroatoms. The van der Waals surface area contributed by atoms with Crippen molar-refractivity contribution in [1.29, 1.82) is 0 Å². The molecule has 30 valence electrons. The minimum atomic E-state index is -3.13. The fourth-order valence-corrected chi connectivity index (χ4v) is 0. The van der Waals surface area contributed by atoms with Crippen LogP contribution in [0, 0.1) is 0 Å². The van der Waals surface area contributed by atoms with Gasteiger partial charge in [0.05, 0.1) is 0 Å². The van der Waals surface area contributed by atoms with Crippen LogP contribution in [0.5, 0.6) is 0 Å². The first-order valence-electron chi connectivity index (χ1n) is 0.651. The Morgan fingerprint density at radius 2 is 1.17 bits per heavy atom. The van der Waals surface area contributed by atoms with E-state index in [1.54, 1.807) is 0 Å². The molecular weight excluding hydrogens is 92.9 g/mol. The van der Waals surface area contributed by atoms with E-state index in [1.165, 1.54) is 0 Å². The third-order valence-corrected chi connectivity index (χ3v) is 0. The Morgan fingerprint density at radius 3 is 1.17 bits per heavy atom. The first kappa shape index (κ1) is 15.7. The molecule has 2 N–H and O–H groups in total. The monoisotopic (exact) mass is 98.0 g/mol. The van der Waals surface area contributed by atoms with Crippen LogP contribution in [0.25, 0.3) is 0 Å². The van der Waals surface area contributed by atoms with E-state index >= 15 is 0 Å². The van der Waals surface area contributed by atoms with Crippen molar-refractivity contribution in [3.63, 3.8) is 0 Å². The second-order valence-corrected chi connectivity index (χ2v) is 0.848. The molecule has 0 spiro atoms. The van der Waals surface area contributed by atoms with E-state index in [2.05, 4.69) is 0 Å². The van der Waals surface area contributed by atoms with Crippen LogP contribution in [0.1, 0.15) is 0 Å². The molecule has 0 fully saturated rings.